The molecule has 0 fully saturated rings. The van der Waals surface area contributed by atoms with E-state index in [2.05, 4.69) is 10.3 Å². The Kier molecular flexibility index (Phi) is 5.43. The van der Waals surface area contributed by atoms with Crippen LogP contribution in [0.25, 0.3) is 10.2 Å². The van der Waals surface area contributed by atoms with E-state index in [0.29, 0.717) is 13.1 Å². The monoisotopic (exact) mass is 397 g/mol. The number of methoxy groups -OCH3 is 1. The molecule has 28 heavy (non-hydrogen) atoms. The van der Waals surface area contributed by atoms with Gasteiger partial charge in [0.05, 0.1) is 18.8 Å². The van der Waals surface area contributed by atoms with E-state index in [1.807, 2.05) is 24.3 Å². The van der Waals surface area contributed by atoms with E-state index in [9.17, 15) is 9.59 Å². The van der Waals surface area contributed by atoms with Gasteiger partial charge in [0.2, 0.25) is 5.91 Å². The van der Waals surface area contributed by atoms with Gasteiger partial charge in [-0.25, -0.2) is 4.98 Å². The van der Waals surface area contributed by atoms with Crippen LogP contribution in [0, 0.1) is 0 Å². The summed E-state index contributed by atoms with van der Waals surface area (Å²) in [5, 5.41) is 3.66. The third kappa shape index (κ3) is 3.80. The number of hydrogen-bond donors (Lipinski definition) is 1. The largest absolute Gasteiger partial charge is 0.497 e. The minimum Gasteiger partial charge on any atom is -0.497 e. The Morgan fingerprint density at radius 3 is 2.82 bits per heavy atom. The zero-order chi connectivity index (χ0) is 19.5. The summed E-state index contributed by atoms with van der Waals surface area (Å²) >= 11 is 1.64. The van der Waals surface area contributed by atoms with Gasteiger partial charge in [-0.1, -0.05) is 12.1 Å². The van der Waals surface area contributed by atoms with Crippen molar-refractivity contribution in [3.05, 3.63) is 57.0 Å². The van der Waals surface area contributed by atoms with Gasteiger partial charge in [-0.3, -0.25) is 14.2 Å². The van der Waals surface area contributed by atoms with Gasteiger partial charge in [0.15, 0.2) is 0 Å². The number of amides is 1. The molecule has 1 amide bonds. The summed E-state index contributed by atoms with van der Waals surface area (Å²) in [6.45, 7) is 0.786. The SMILES string of the molecule is COc1ccc(CNC(=O)CCn2cnc3sc4c(c3c2=O)CCCC4)cc1. The Bertz CT molecular complexity index is 1050. The van der Waals surface area contributed by atoms with Gasteiger partial charge in [0.25, 0.3) is 5.56 Å². The Morgan fingerprint density at radius 1 is 1.25 bits per heavy atom. The third-order valence-electron chi connectivity index (χ3n) is 5.17. The van der Waals surface area contributed by atoms with Crippen molar-refractivity contribution >= 4 is 27.5 Å². The van der Waals surface area contributed by atoms with E-state index in [4.69, 9.17) is 4.74 Å². The van der Waals surface area contributed by atoms with Crippen molar-refractivity contribution < 1.29 is 9.53 Å². The molecule has 2 heterocycles. The number of nitrogens with zero attached hydrogens (tertiary/aromatic N) is 2. The molecule has 4 rings (SSSR count). The van der Waals surface area contributed by atoms with Crippen LogP contribution >= 0.6 is 11.3 Å². The number of rotatable bonds is 6. The first-order valence-electron chi connectivity index (χ1n) is 9.55. The summed E-state index contributed by atoms with van der Waals surface area (Å²) in [6, 6.07) is 7.56. The van der Waals surface area contributed by atoms with E-state index in [1.54, 1.807) is 29.3 Å². The van der Waals surface area contributed by atoms with Crippen LogP contribution in [0.2, 0.25) is 0 Å². The highest BCUT2D eigenvalue weighted by atomic mass is 32.1. The lowest BCUT2D eigenvalue weighted by Crippen LogP contribution is -2.27. The first-order valence-corrected chi connectivity index (χ1v) is 10.4. The molecule has 3 aromatic rings. The van der Waals surface area contributed by atoms with Crippen molar-refractivity contribution in [3.8, 4) is 5.75 Å². The fourth-order valence-electron chi connectivity index (χ4n) is 3.59. The smallest absolute Gasteiger partial charge is 0.262 e. The van der Waals surface area contributed by atoms with Gasteiger partial charge in [-0.2, -0.15) is 0 Å². The maximum atomic E-state index is 12.9. The molecule has 6 nitrogen and oxygen atoms in total. The molecule has 1 aromatic carbocycles. The number of aryl methyl sites for hydroxylation is 3. The number of aromatic nitrogens is 2. The second-order valence-electron chi connectivity index (χ2n) is 7.01. The molecule has 0 saturated heterocycles. The number of benzene rings is 1. The molecule has 0 atom stereocenters. The summed E-state index contributed by atoms with van der Waals surface area (Å²) in [5.41, 5.74) is 2.16. The molecule has 0 unspecified atom stereocenters. The number of ether oxygens (including phenoxy) is 1. The van der Waals surface area contributed by atoms with Crippen LogP contribution < -0.4 is 15.6 Å². The number of thiophene rings is 1. The van der Waals surface area contributed by atoms with Gasteiger partial charge in [-0.05, 0) is 48.9 Å². The Hall–Kier alpha value is -2.67. The molecule has 0 aliphatic heterocycles. The topological polar surface area (TPSA) is 73.2 Å². The fraction of sp³-hybridized carbons (Fsp3) is 0.381. The third-order valence-corrected chi connectivity index (χ3v) is 6.37. The van der Waals surface area contributed by atoms with Crippen LogP contribution in [-0.4, -0.2) is 22.6 Å². The van der Waals surface area contributed by atoms with Crippen molar-refractivity contribution in [2.75, 3.05) is 7.11 Å². The van der Waals surface area contributed by atoms with Crippen molar-refractivity contribution in [3.63, 3.8) is 0 Å². The predicted octanol–water partition coefficient (Wildman–Crippen LogP) is 3.05. The number of carbonyl (C=O) groups excluding carboxylic acids is 1. The number of carbonyl (C=O) groups is 1. The van der Waals surface area contributed by atoms with Gasteiger partial charge >= 0.3 is 0 Å². The zero-order valence-electron chi connectivity index (χ0n) is 15.9. The molecule has 1 aliphatic rings. The molecular weight excluding hydrogens is 374 g/mol. The van der Waals surface area contributed by atoms with E-state index >= 15 is 0 Å². The second-order valence-corrected chi connectivity index (χ2v) is 8.09. The lowest BCUT2D eigenvalue weighted by molar-refractivity contribution is -0.121. The Balaban J connectivity index is 1.40. The predicted molar refractivity (Wildman–Crippen MR) is 110 cm³/mol. The zero-order valence-corrected chi connectivity index (χ0v) is 16.7. The lowest BCUT2D eigenvalue weighted by Gasteiger charge is -2.10. The second kappa shape index (κ2) is 8.14. The standard InChI is InChI=1S/C21H23N3O3S/c1-27-15-8-6-14(7-9-15)12-22-18(25)10-11-24-13-23-20-19(21(24)26)16-4-2-3-5-17(16)28-20/h6-9,13H,2-5,10-12H2,1H3,(H,22,25). The minimum absolute atomic E-state index is 0.0210. The maximum Gasteiger partial charge on any atom is 0.262 e. The van der Waals surface area contributed by atoms with E-state index in [1.165, 1.54) is 16.9 Å². The molecule has 0 saturated carbocycles. The van der Waals surface area contributed by atoms with Gasteiger partial charge in [0.1, 0.15) is 10.6 Å². The molecule has 0 radical (unpaired) electrons. The van der Waals surface area contributed by atoms with E-state index in [0.717, 1.165) is 40.8 Å². The summed E-state index contributed by atoms with van der Waals surface area (Å²) < 4.78 is 6.69. The molecule has 146 valence electrons. The average Bonchev–Trinajstić information content (AvgIpc) is 3.11. The number of fused-ring (bicyclic) bond motifs is 3. The van der Waals surface area contributed by atoms with Crippen molar-refractivity contribution in [2.45, 2.75) is 45.2 Å². The van der Waals surface area contributed by atoms with Crippen molar-refractivity contribution in [1.29, 1.82) is 0 Å². The Morgan fingerprint density at radius 2 is 2.04 bits per heavy atom. The number of nitrogens with one attached hydrogen (secondary N) is 1. The molecule has 1 aliphatic carbocycles. The fourth-order valence-corrected chi connectivity index (χ4v) is 4.81. The van der Waals surface area contributed by atoms with Gasteiger partial charge in [0, 0.05) is 24.4 Å². The quantitative estimate of drug-likeness (QED) is 0.694. The average molecular weight is 398 g/mol. The highest BCUT2D eigenvalue weighted by Gasteiger charge is 2.20. The summed E-state index contributed by atoms with van der Waals surface area (Å²) in [6.07, 6.45) is 6.13. The maximum absolute atomic E-state index is 12.9. The highest BCUT2D eigenvalue weighted by molar-refractivity contribution is 7.18. The minimum atomic E-state index is -0.0878. The lowest BCUT2D eigenvalue weighted by atomic mass is 9.97. The molecule has 2 aromatic heterocycles. The van der Waals surface area contributed by atoms with Gasteiger partial charge in [-0.15, -0.1) is 11.3 Å². The first kappa shape index (κ1) is 18.7. The van der Waals surface area contributed by atoms with Crippen LogP contribution in [-0.2, 0) is 30.7 Å². The van der Waals surface area contributed by atoms with Crippen LogP contribution in [0.5, 0.6) is 5.75 Å². The number of hydrogen-bond acceptors (Lipinski definition) is 5. The van der Waals surface area contributed by atoms with Crippen LogP contribution in [0.3, 0.4) is 0 Å². The van der Waals surface area contributed by atoms with Crippen LogP contribution in [0.1, 0.15) is 35.3 Å². The van der Waals surface area contributed by atoms with E-state index < -0.39 is 0 Å². The summed E-state index contributed by atoms with van der Waals surface area (Å²) in [5.74, 6) is 0.697. The normalized spacial score (nSPS) is 13.3. The van der Waals surface area contributed by atoms with Crippen molar-refractivity contribution in [1.82, 2.24) is 14.9 Å². The highest BCUT2D eigenvalue weighted by Crippen LogP contribution is 2.33. The summed E-state index contributed by atoms with van der Waals surface area (Å²) in [7, 11) is 1.62. The van der Waals surface area contributed by atoms with Crippen LogP contribution in [0.15, 0.2) is 35.4 Å². The summed E-state index contributed by atoms with van der Waals surface area (Å²) in [4.78, 5) is 31.7. The molecule has 1 N–H and O–H groups in total. The Labute approximate surface area is 167 Å². The van der Waals surface area contributed by atoms with Crippen LogP contribution in [0.4, 0.5) is 0 Å². The first-order chi connectivity index (χ1) is 13.7. The van der Waals surface area contributed by atoms with Gasteiger partial charge < -0.3 is 10.1 Å². The van der Waals surface area contributed by atoms with E-state index in [-0.39, 0.29) is 17.9 Å². The molecular formula is C21H23N3O3S. The molecule has 7 heteroatoms. The molecule has 0 spiro atoms. The van der Waals surface area contributed by atoms with Crippen molar-refractivity contribution in [2.24, 2.45) is 0 Å². The molecule has 0 bridgehead atoms.